The molecule has 0 aromatic rings. The van der Waals surface area contributed by atoms with Gasteiger partial charge in [0.05, 0.1) is 46.2 Å². The summed E-state index contributed by atoms with van der Waals surface area (Å²) in [7, 11) is 0. The molecule has 0 rings (SSSR count). The van der Waals surface area contributed by atoms with Crippen molar-refractivity contribution in [3.05, 3.63) is 0 Å². The third-order valence-corrected chi connectivity index (χ3v) is 5.73. The molecule has 0 aliphatic rings. The zero-order valence-electron chi connectivity index (χ0n) is 22.6. The van der Waals surface area contributed by atoms with Crippen LogP contribution in [-0.2, 0) is 28.5 Å². The number of hydrogen-bond donors (Lipinski definition) is 0. The molecule has 0 aromatic carbocycles. The summed E-state index contributed by atoms with van der Waals surface area (Å²) in [4.78, 5) is 11.6. The van der Waals surface area contributed by atoms with Gasteiger partial charge in [-0.1, -0.05) is 97.3 Å². The lowest BCUT2D eigenvalue weighted by atomic mass is 10.1. The number of carbonyl (C=O) groups is 1. The highest BCUT2D eigenvalue weighted by Crippen LogP contribution is 2.10. The molecule has 0 aliphatic heterocycles. The Morgan fingerprint density at radius 2 is 0.765 bits per heavy atom. The molecule has 0 aromatic heterocycles. The summed E-state index contributed by atoms with van der Waals surface area (Å²) in [6, 6.07) is 0. The SMILES string of the molecule is CCCCCCCCCCCCOCCOCCOCCOCCOC(=O)CCCCCCC. The summed E-state index contributed by atoms with van der Waals surface area (Å²) < 4.78 is 27.2. The fourth-order valence-corrected chi connectivity index (χ4v) is 3.61. The van der Waals surface area contributed by atoms with E-state index >= 15 is 0 Å². The van der Waals surface area contributed by atoms with Crippen LogP contribution in [0, 0.1) is 0 Å². The predicted octanol–water partition coefficient (Wildman–Crippen LogP) is 6.88. The van der Waals surface area contributed by atoms with E-state index in [4.69, 9.17) is 23.7 Å². The van der Waals surface area contributed by atoms with Crippen LogP contribution in [0.4, 0.5) is 0 Å². The molecule has 0 heterocycles. The van der Waals surface area contributed by atoms with Gasteiger partial charge in [0.25, 0.3) is 0 Å². The average Bonchev–Trinajstić information content (AvgIpc) is 2.84. The molecule has 6 heteroatoms. The minimum atomic E-state index is -0.124. The molecule has 0 amide bonds. The Labute approximate surface area is 210 Å². The van der Waals surface area contributed by atoms with Crippen molar-refractivity contribution in [1.29, 1.82) is 0 Å². The summed E-state index contributed by atoms with van der Waals surface area (Å²) in [5, 5.41) is 0. The van der Waals surface area contributed by atoms with Gasteiger partial charge in [-0.2, -0.15) is 0 Å². The molecule has 0 atom stereocenters. The van der Waals surface area contributed by atoms with Gasteiger partial charge < -0.3 is 23.7 Å². The van der Waals surface area contributed by atoms with Crippen LogP contribution in [0.3, 0.4) is 0 Å². The van der Waals surface area contributed by atoms with Crippen molar-refractivity contribution >= 4 is 5.97 Å². The fraction of sp³-hybridized carbons (Fsp3) is 0.964. The highest BCUT2D eigenvalue weighted by atomic mass is 16.6. The van der Waals surface area contributed by atoms with Crippen LogP contribution in [-0.4, -0.2) is 65.4 Å². The summed E-state index contributed by atoms with van der Waals surface area (Å²) in [5.41, 5.74) is 0. The van der Waals surface area contributed by atoms with E-state index in [1.807, 2.05) is 0 Å². The van der Waals surface area contributed by atoms with Gasteiger partial charge in [-0.25, -0.2) is 0 Å². The van der Waals surface area contributed by atoms with Crippen molar-refractivity contribution in [2.24, 2.45) is 0 Å². The standard InChI is InChI=1S/C28H56O6/c1-3-5-7-9-10-11-12-13-15-17-19-30-20-21-31-22-23-32-24-25-33-26-27-34-28(29)18-16-14-8-6-4-2/h3-27H2,1-2H3. The second-order valence-electron chi connectivity index (χ2n) is 9.02. The molecular formula is C28H56O6. The molecule has 6 nitrogen and oxygen atoms in total. The van der Waals surface area contributed by atoms with Crippen molar-refractivity contribution in [3.63, 3.8) is 0 Å². The quantitative estimate of drug-likeness (QED) is 0.0845. The third kappa shape index (κ3) is 29.3. The first-order valence-corrected chi connectivity index (χ1v) is 14.3. The van der Waals surface area contributed by atoms with Crippen molar-refractivity contribution in [1.82, 2.24) is 0 Å². The van der Waals surface area contributed by atoms with Gasteiger partial charge in [0.1, 0.15) is 6.61 Å². The largest absolute Gasteiger partial charge is 0.463 e. The first-order valence-electron chi connectivity index (χ1n) is 14.3. The van der Waals surface area contributed by atoms with Gasteiger partial charge in [0.2, 0.25) is 0 Å². The Morgan fingerprint density at radius 1 is 0.412 bits per heavy atom. The maximum atomic E-state index is 11.6. The summed E-state index contributed by atoms with van der Waals surface area (Å²) in [5.74, 6) is -0.124. The van der Waals surface area contributed by atoms with Crippen LogP contribution in [0.15, 0.2) is 0 Å². The molecule has 0 saturated heterocycles. The molecule has 0 saturated carbocycles. The third-order valence-electron chi connectivity index (χ3n) is 5.73. The molecule has 0 bridgehead atoms. The summed E-state index contributed by atoms with van der Waals surface area (Å²) in [6.45, 7) is 9.41. The first kappa shape index (κ1) is 33.3. The van der Waals surface area contributed by atoms with E-state index in [9.17, 15) is 4.79 Å². The molecule has 204 valence electrons. The monoisotopic (exact) mass is 488 g/mol. The molecule has 0 unspecified atom stereocenters. The second kappa shape index (κ2) is 30.3. The van der Waals surface area contributed by atoms with Crippen LogP contribution in [0.1, 0.15) is 117 Å². The molecule has 0 fully saturated rings. The normalized spacial score (nSPS) is 11.2. The Bertz CT molecular complexity index is 391. The van der Waals surface area contributed by atoms with Crippen LogP contribution in [0.25, 0.3) is 0 Å². The van der Waals surface area contributed by atoms with E-state index in [1.54, 1.807) is 0 Å². The van der Waals surface area contributed by atoms with E-state index in [-0.39, 0.29) is 5.97 Å². The Balaban J connectivity index is 3.08. The van der Waals surface area contributed by atoms with Gasteiger partial charge in [-0.15, -0.1) is 0 Å². The molecule has 0 spiro atoms. The van der Waals surface area contributed by atoms with E-state index in [1.165, 1.54) is 77.0 Å². The smallest absolute Gasteiger partial charge is 0.305 e. The van der Waals surface area contributed by atoms with Crippen molar-refractivity contribution in [2.45, 2.75) is 117 Å². The number of hydrogen-bond acceptors (Lipinski definition) is 6. The van der Waals surface area contributed by atoms with Crippen LogP contribution >= 0.6 is 0 Å². The van der Waals surface area contributed by atoms with E-state index in [0.29, 0.717) is 59.3 Å². The Morgan fingerprint density at radius 3 is 1.24 bits per heavy atom. The number of carbonyl (C=O) groups excluding carboxylic acids is 1. The van der Waals surface area contributed by atoms with Gasteiger partial charge >= 0.3 is 5.97 Å². The molecule has 0 radical (unpaired) electrons. The lowest BCUT2D eigenvalue weighted by molar-refractivity contribution is -0.145. The zero-order valence-corrected chi connectivity index (χ0v) is 22.6. The number of unbranched alkanes of at least 4 members (excludes halogenated alkanes) is 13. The highest BCUT2D eigenvalue weighted by Gasteiger charge is 2.02. The summed E-state index contributed by atoms with van der Waals surface area (Å²) in [6.07, 6.45) is 19.6. The Hall–Kier alpha value is -0.690. The highest BCUT2D eigenvalue weighted by molar-refractivity contribution is 5.69. The maximum Gasteiger partial charge on any atom is 0.305 e. The van der Waals surface area contributed by atoms with Crippen LogP contribution in [0.5, 0.6) is 0 Å². The van der Waals surface area contributed by atoms with E-state index < -0.39 is 0 Å². The van der Waals surface area contributed by atoms with Crippen molar-refractivity contribution < 1.29 is 28.5 Å². The molecule has 34 heavy (non-hydrogen) atoms. The number of esters is 1. The van der Waals surface area contributed by atoms with Crippen molar-refractivity contribution in [3.8, 4) is 0 Å². The lowest BCUT2D eigenvalue weighted by Gasteiger charge is -2.08. The Kier molecular flexibility index (Phi) is 29.7. The second-order valence-corrected chi connectivity index (χ2v) is 9.02. The molecular weight excluding hydrogens is 432 g/mol. The van der Waals surface area contributed by atoms with Crippen molar-refractivity contribution in [2.75, 3.05) is 59.5 Å². The topological polar surface area (TPSA) is 63.2 Å². The fourth-order valence-electron chi connectivity index (χ4n) is 3.61. The van der Waals surface area contributed by atoms with E-state index in [2.05, 4.69) is 13.8 Å². The predicted molar refractivity (Wildman–Crippen MR) is 139 cm³/mol. The zero-order chi connectivity index (χ0) is 24.8. The minimum Gasteiger partial charge on any atom is -0.463 e. The number of rotatable bonds is 29. The number of ether oxygens (including phenoxy) is 5. The molecule has 0 aliphatic carbocycles. The van der Waals surface area contributed by atoms with Crippen LogP contribution in [0.2, 0.25) is 0 Å². The van der Waals surface area contributed by atoms with E-state index in [0.717, 1.165) is 25.9 Å². The maximum absolute atomic E-state index is 11.6. The molecule has 0 N–H and O–H groups in total. The van der Waals surface area contributed by atoms with Gasteiger partial charge in [0.15, 0.2) is 0 Å². The van der Waals surface area contributed by atoms with Crippen LogP contribution < -0.4 is 0 Å². The lowest BCUT2D eigenvalue weighted by Crippen LogP contribution is -2.14. The average molecular weight is 489 g/mol. The van der Waals surface area contributed by atoms with Gasteiger partial charge in [-0.3, -0.25) is 4.79 Å². The van der Waals surface area contributed by atoms with Gasteiger partial charge in [0, 0.05) is 13.0 Å². The van der Waals surface area contributed by atoms with Gasteiger partial charge in [-0.05, 0) is 12.8 Å². The minimum absolute atomic E-state index is 0.124. The first-order chi connectivity index (χ1) is 16.8. The summed E-state index contributed by atoms with van der Waals surface area (Å²) >= 11 is 0.